The van der Waals surface area contributed by atoms with Crippen molar-refractivity contribution in [1.82, 2.24) is 4.90 Å². The maximum Gasteiger partial charge on any atom is 0.256 e. The zero-order valence-electron chi connectivity index (χ0n) is 11.3. The summed E-state index contributed by atoms with van der Waals surface area (Å²) in [5, 5.41) is 0.170. The van der Waals surface area contributed by atoms with Crippen LogP contribution in [0.5, 0.6) is 0 Å². The maximum absolute atomic E-state index is 12.4. The van der Waals surface area contributed by atoms with Gasteiger partial charge in [-0.1, -0.05) is 26.0 Å². The molecule has 2 aliphatic rings. The number of benzene rings is 1. The van der Waals surface area contributed by atoms with E-state index in [1.165, 1.54) is 11.8 Å². The van der Waals surface area contributed by atoms with Crippen molar-refractivity contribution >= 4 is 34.5 Å². The molecular formula is C14H17NO2S2. The Balaban J connectivity index is 0.000000637. The van der Waals surface area contributed by atoms with Crippen molar-refractivity contribution in [1.29, 1.82) is 0 Å². The smallest absolute Gasteiger partial charge is 0.256 e. The number of hydrogen-bond acceptors (Lipinski definition) is 4. The summed E-state index contributed by atoms with van der Waals surface area (Å²) >= 11 is 2.87. The summed E-state index contributed by atoms with van der Waals surface area (Å²) in [7, 11) is 0. The van der Waals surface area contributed by atoms with Gasteiger partial charge in [0.25, 0.3) is 5.91 Å². The fraction of sp³-hybridized carbons (Fsp3) is 0.429. The Bertz CT molecular complexity index is 504. The maximum atomic E-state index is 12.4. The number of carbonyl (C=O) groups is 2. The largest absolute Gasteiger partial charge is 0.315 e. The third kappa shape index (κ3) is 2.54. The number of fused-ring (bicyclic) bond motifs is 2. The van der Waals surface area contributed by atoms with Crippen LogP contribution in [0.1, 0.15) is 31.1 Å². The summed E-state index contributed by atoms with van der Waals surface area (Å²) < 4.78 is 0. The highest BCUT2D eigenvalue weighted by atomic mass is 32.2. The molecule has 0 bridgehead atoms. The minimum atomic E-state index is -0.264. The van der Waals surface area contributed by atoms with Crippen LogP contribution in [0.2, 0.25) is 0 Å². The first-order valence-electron chi connectivity index (χ1n) is 6.43. The summed E-state index contributed by atoms with van der Waals surface area (Å²) in [5.74, 6) is 0.702. The van der Waals surface area contributed by atoms with E-state index in [1.54, 1.807) is 22.7 Å². The van der Waals surface area contributed by atoms with Crippen molar-refractivity contribution in [2.45, 2.75) is 37.1 Å². The summed E-state index contributed by atoms with van der Waals surface area (Å²) in [6.45, 7) is 5.98. The zero-order valence-corrected chi connectivity index (χ0v) is 12.9. The molecule has 1 amide bonds. The van der Waals surface area contributed by atoms with E-state index < -0.39 is 0 Å². The van der Waals surface area contributed by atoms with Gasteiger partial charge in [-0.3, -0.25) is 9.59 Å². The van der Waals surface area contributed by atoms with E-state index in [1.807, 2.05) is 39.0 Å². The minimum absolute atomic E-state index is 0.0125. The third-order valence-electron chi connectivity index (χ3n) is 3.06. The molecule has 102 valence electrons. The van der Waals surface area contributed by atoms with Gasteiger partial charge in [-0.2, -0.15) is 0 Å². The van der Waals surface area contributed by atoms with Gasteiger partial charge in [0.2, 0.25) is 5.12 Å². The number of rotatable bonds is 0. The van der Waals surface area contributed by atoms with Gasteiger partial charge < -0.3 is 4.90 Å². The monoisotopic (exact) mass is 295 g/mol. The molecule has 0 spiro atoms. The molecule has 0 N–H and O–H groups in total. The lowest BCUT2D eigenvalue weighted by molar-refractivity contribution is -0.114. The van der Waals surface area contributed by atoms with E-state index in [-0.39, 0.29) is 22.4 Å². The zero-order chi connectivity index (χ0) is 14.0. The van der Waals surface area contributed by atoms with Crippen molar-refractivity contribution in [2.75, 3.05) is 5.75 Å². The molecule has 0 radical (unpaired) electrons. The molecule has 0 aromatic heterocycles. The van der Waals surface area contributed by atoms with E-state index in [0.29, 0.717) is 11.3 Å². The molecule has 0 aliphatic carbocycles. The normalized spacial score (nSPS) is 25.1. The van der Waals surface area contributed by atoms with Gasteiger partial charge in [0, 0.05) is 10.6 Å². The summed E-state index contributed by atoms with van der Waals surface area (Å²) in [6, 6.07) is 7.09. The molecule has 2 unspecified atom stereocenters. The molecule has 1 aromatic rings. The molecule has 3 rings (SSSR count). The average molecular weight is 295 g/mol. The molecule has 2 aliphatic heterocycles. The summed E-state index contributed by atoms with van der Waals surface area (Å²) in [5.41, 5.74) is 0.655. The highest BCUT2D eigenvalue weighted by Crippen LogP contribution is 2.38. The van der Waals surface area contributed by atoms with E-state index in [4.69, 9.17) is 0 Å². The van der Waals surface area contributed by atoms with Crippen molar-refractivity contribution in [3.63, 3.8) is 0 Å². The van der Waals surface area contributed by atoms with Crippen molar-refractivity contribution < 1.29 is 9.59 Å². The number of carbonyl (C=O) groups excluding carboxylic acids is 2. The van der Waals surface area contributed by atoms with Crippen LogP contribution in [-0.4, -0.2) is 33.1 Å². The quantitative estimate of drug-likeness (QED) is 0.736. The highest BCUT2D eigenvalue weighted by Gasteiger charge is 2.42. The Kier molecular flexibility index (Phi) is 4.58. The number of nitrogens with zero attached hydrogens (tertiary/aromatic N) is 1. The Morgan fingerprint density at radius 1 is 1.21 bits per heavy atom. The fourth-order valence-electron chi connectivity index (χ4n) is 2.18. The topological polar surface area (TPSA) is 37.4 Å². The Labute approximate surface area is 122 Å². The molecule has 1 aromatic carbocycles. The first-order valence-corrected chi connectivity index (χ1v) is 8.30. The predicted octanol–water partition coefficient (Wildman–Crippen LogP) is 3.25. The molecule has 3 nitrogen and oxygen atoms in total. The first kappa shape index (κ1) is 14.5. The Hall–Kier alpha value is -0.940. The summed E-state index contributed by atoms with van der Waals surface area (Å²) in [4.78, 5) is 27.0. The Morgan fingerprint density at radius 2 is 1.89 bits per heavy atom. The third-order valence-corrected chi connectivity index (χ3v) is 5.32. The molecule has 5 heteroatoms. The minimum Gasteiger partial charge on any atom is -0.315 e. The van der Waals surface area contributed by atoms with Gasteiger partial charge in [0.15, 0.2) is 0 Å². The van der Waals surface area contributed by atoms with Crippen LogP contribution in [0.4, 0.5) is 0 Å². The van der Waals surface area contributed by atoms with Crippen LogP contribution >= 0.6 is 23.5 Å². The van der Waals surface area contributed by atoms with Crippen LogP contribution in [-0.2, 0) is 4.79 Å². The van der Waals surface area contributed by atoms with Crippen molar-refractivity contribution in [2.24, 2.45) is 0 Å². The highest BCUT2D eigenvalue weighted by molar-refractivity contribution is 8.14. The molecule has 1 saturated heterocycles. The van der Waals surface area contributed by atoms with E-state index in [2.05, 4.69) is 0 Å². The average Bonchev–Trinajstić information content (AvgIpc) is 2.78. The second kappa shape index (κ2) is 6.01. The van der Waals surface area contributed by atoms with Crippen molar-refractivity contribution in [3.05, 3.63) is 29.8 Å². The molecule has 2 atom stereocenters. The van der Waals surface area contributed by atoms with Gasteiger partial charge in [-0.25, -0.2) is 0 Å². The molecule has 19 heavy (non-hydrogen) atoms. The predicted molar refractivity (Wildman–Crippen MR) is 80.5 cm³/mol. The van der Waals surface area contributed by atoms with Gasteiger partial charge in [0.1, 0.15) is 6.04 Å². The van der Waals surface area contributed by atoms with E-state index >= 15 is 0 Å². The standard InChI is InChI=1S/C12H11NO2S2.C2H6/c1-7-13-9(6-16-7)12(15)17-10-5-3-2-4-8(10)11(13)14;1-2/h2-5,7,9H,6H2,1H3;1-2H3. The van der Waals surface area contributed by atoms with Gasteiger partial charge >= 0.3 is 0 Å². The SMILES string of the molecule is CC.CC1SCC2C(=O)Sc3ccccc3C(=O)N12. The molecule has 0 saturated carbocycles. The molecular weight excluding hydrogens is 278 g/mol. The Morgan fingerprint density at radius 3 is 2.63 bits per heavy atom. The van der Waals surface area contributed by atoms with Crippen LogP contribution in [0.15, 0.2) is 29.2 Å². The van der Waals surface area contributed by atoms with Gasteiger partial charge in [-0.15, -0.1) is 11.8 Å². The van der Waals surface area contributed by atoms with Crippen LogP contribution in [0.25, 0.3) is 0 Å². The lowest BCUT2D eigenvalue weighted by Crippen LogP contribution is -2.42. The van der Waals surface area contributed by atoms with Crippen LogP contribution in [0.3, 0.4) is 0 Å². The molecule has 2 heterocycles. The lowest BCUT2D eigenvalue weighted by Gasteiger charge is -2.24. The van der Waals surface area contributed by atoms with Gasteiger partial charge in [0.05, 0.1) is 10.9 Å². The van der Waals surface area contributed by atoms with Crippen molar-refractivity contribution in [3.8, 4) is 0 Å². The second-order valence-electron chi connectivity index (χ2n) is 4.08. The lowest BCUT2D eigenvalue weighted by atomic mass is 10.1. The fourth-order valence-corrected chi connectivity index (χ4v) is 4.42. The van der Waals surface area contributed by atoms with E-state index in [0.717, 1.165) is 4.90 Å². The van der Waals surface area contributed by atoms with Crippen LogP contribution in [0, 0.1) is 0 Å². The van der Waals surface area contributed by atoms with E-state index in [9.17, 15) is 9.59 Å². The van der Waals surface area contributed by atoms with Gasteiger partial charge in [-0.05, 0) is 30.8 Å². The number of hydrogen-bond donors (Lipinski definition) is 0. The summed E-state index contributed by atoms with van der Waals surface area (Å²) in [6.07, 6.45) is 0. The number of amides is 1. The number of thioether (sulfide) groups is 2. The van der Waals surface area contributed by atoms with Crippen LogP contribution < -0.4 is 0 Å². The first-order chi connectivity index (χ1) is 9.18. The second-order valence-corrected chi connectivity index (χ2v) is 6.47. The molecule has 1 fully saturated rings.